The van der Waals surface area contributed by atoms with Gasteiger partial charge in [0, 0.05) is 5.39 Å². The quantitative estimate of drug-likeness (QED) is 0.570. The van der Waals surface area contributed by atoms with Crippen LogP contribution in [0, 0.1) is 0 Å². The van der Waals surface area contributed by atoms with E-state index in [1.165, 1.54) is 4.57 Å². The highest BCUT2D eigenvalue weighted by Gasteiger charge is 2.54. The van der Waals surface area contributed by atoms with Crippen molar-refractivity contribution < 1.29 is 23.6 Å². The summed E-state index contributed by atoms with van der Waals surface area (Å²) in [5.74, 6) is 0.837. The van der Waals surface area contributed by atoms with Gasteiger partial charge in [-0.2, -0.15) is 0 Å². The molecule has 1 aromatic carbocycles. The molecule has 176 valence electrons. The first-order chi connectivity index (χ1) is 14.4. The molecule has 0 aliphatic carbocycles. The molecule has 0 bridgehead atoms. The molecular formula is C24H38BNO5Si. The molecule has 32 heavy (non-hydrogen) atoms. The Kier molecular flexibility index (Phi) is 5.93. The average molecular weight is 459 g/mol. The fourth-order valence-electron chi connectivity index (χ4n) is 3.83. The predicted molar refractivity (Wildman–Crippen MR) is 133 cm³/mol. The largest absolute Gasteiger partial charge is 0.543 e. The van der Waals surface area contributed by atoms with Crippen molar-refractivity contribution >= 4 is 38.0 Å². The third kappa shape index (κ3) is 4.01. The molecule has 1 fully saturated rings. The van der Waals surface area contributed by atoms with E-state index in [4.69, 9.17) is 13.7 Å². The smallest absolute Gasteiger partial charge is 0.513 e. The van der Waals surface area contributed by atoms with Crippen molar-refractivity contribution in [3.8, 4) is 5.75 Å². The van der Waals surface area contributed by atoms with E-state index in [2.05, 4.69) is 47.7 Å². The Morgan fingerprint density at radius 3 is 2.09 bits per heavy atom. The van der Waals surface area contributed by atoms with Crippen LogP contribution >= 0.6 is 0 Å². The molecule has 0 radical (unpaired) electrons. The van der Waals surface area contributed by atoms with Crippen molar-refractivity contribution in [1.29, 1.82) is 0 Å². The molecule has 0 unspecified atom stereocenters. The predicted octanol–water partition coefficient (Wildman–Crippen LogP) is 5.97. The Labute approximate surface area is 193 Å². The van der Waals surface area contributed by atoms with E-state index in [0.29, 0.717) is 11.1 Å². The summed E-state index contributed by atoms with van der Waals surface area (Å²) >= 11 is 0. The van der Waals surface area contributed by atoms with Crippen molar-refractivity contribution in [3.05, 3.63) is 23.8 Å². The van der Waals surface area contributed by atoms with Crippen LogP contribution in [-0.4, -0.2) is 42.4 Å². The molecule has 2 heterocycles. The molecule has 6 nitrogen and oxygen atoms in total. The Hall–Kier alpha value is -1.77. The van der Waals surface area contributed by atoms with Gasteiger partial charge in [-0.05, 0) is 75.5 Å². The first kappa shape index (κ1) is 24.9. The number of benzene rings is 1. The van der Waals surface area contributed by atoms with Crippen LogP contribution in [0.2, 0.25) is 18.1 Å². The molecule has 3 rings (SSSR count). The SMILES string of the molecule is CC(C)c1c(B2OC(C)(C)C(C)(C)O2)n(C(=O)O)c2ccc(O[Si](C)(C)C(C)(C)C)cc12. The summed E-state index contributed by atoms with van der Waals surface area (Å²) in [5.41, 5.74) is 0.950. The minimum absolute atomic E-state index is 0.0592. The third-order valence-electron chi connectivity index (χ3n) is 7.44. The highest BCUT2D eigenvalue weighted by molar-refractivity contribution is 6.74. The Balaban J connectivity index is 2.23. The maximum Gasteiger partial charge on any atom is 0.513 e. The summed E-state index contributed by atoms with van der Waals surface area (Å²) in [6.45, 7) is 23.0. The number of hydrogen-bond donors (Lipinski definition) is 1. The molecule has 0 atom stereocenters. The van der Waals surface area contributed by atoms with Crippen LogP contribution in [0.1, 0.15) is 73.8 Å². The van der Waals surface area contributed by atoms with E-state index in [1.54, 1.807) is 0 Å². The lowest BCUT2D eigenvalue weighted by molar-refractivity contribution is 0.00578. The summed E-state index contributed by atoms with van der Waals surface area (Å²) in [6.07, 6.45) is -1.05. The second kappa shape index (κ2) is 7.64. The molecule has 1 aliphatic rings. The standard InChI is InChI=1S/C24H38BNO5Si/c1-15(2)19-17-14-16(29-32(10,11)22(3,4)5)12-13-18(17)26(21(27)28)20(19)25-30-23(6,7)24(8,9)31-25/h12-15H,1-11H3,(H,27,28). The van der Waals surface area contributed by atoms with Gasteiger partial charge in [-0.25, -0.2) is 4.79 Å². The summed E-state index contributed by atoms with van der Waals surface area (Å²) in [7, 11) is -2.82. The number of hydrogen-bond acceptors (Lipinski definition) is 4. The van der Waals surface area contributed by atoms with E-state index in [9.17, 15) is 9.90 Å². The average Bonchev–Trinajstić information content (AvgIpc) is 3.04. The molecule has 2 aromatic rings. The first-order valence-electron chi connectivity index (χ1n) is 11.4. The normalized spacial score (nSPS) is 18.6. The second-order valence-electron chi connectivity index (χ2n) is 11.7. The number of nitrogens with zero attached hydrogens (tertiary/aromatic N) is 1. The van der Waals surface area contributed by atoms with Crippen molar-refractivity contribution in [3.63, 3.8) is 0 Å². The molecule has 0 spiro atoms. The Morgan fingerprint density at radius 2 is 1.66 bits per heavy atom. The van der Waals surface area contributed by atoms with Crippen LogP contribution in [0.25, 0.3) is 10.9 Å². The highest BCUT2D eigenvalue weighted by atomic mass is 28.4. The van der Waals surface area contributed by atoms with E-state index < -0.39 is 32.7 Å². The second-order valence-corrected chi connectivity index (χ2v) is 16.4. The van der Waals surface area contributed by atoms with Crippen LogP contribution in [0.4, 0.5) is 4.79 Å². The van der Waals surface area contributed by atoms with Gasteiger partial charge in [0.25, 0.3) is 0 Å². The minimum Gasteiger partial charge on any atom is -0.543 e. The summed E-state index contributed by atoms with van der Waals surface area (Å²) in [6, 6.07) is 5.70. The van der Waals surface area contributed by atoms with Crippen molar-refractivity contribution in [2.24, 2.45) is 0 Å². The van der Waals surface area contributed by atoms with Crippen molar-refractivity contribution in [1.82, 2.24) is 4.57 Å². The number of carbonyl (C=O) groups is 1. The van der Waals surface area contributed by atoms with Crippen LogP contribution in [-0.2, 0) is 9.31 Å². The molecule has 1 aliphatic heterocycles. The molecule has 0 amide bonds. The molecule has 0 saturated carbocycles. The Morgan fingerprint density at radius 1 is 1.12 bits per heavy atom. The fraction of sp³-hybridized carbons (Fsp3) is 0.625. The zero-order chi connectivity index (χ0) is 24.4. The van der Waals surface area contributed by atoms with E-state index in [-0.39, 0.29) is 11.0 Å². The minimum atomic E-state index is -2.04. The number of fused-ring (bicyclic) bond motifs is 1. The van der Waals surface area contributed by atoms with Gasteiger partial charge in [-0.3, -0.25) is 4.57 Å². The maximum atomic E-state index is 12.4. The van der Waals surface area contributed by atoms with E-state index >= 15 is 0 Å². The molecule has 1 N–H and O–H groups in total. The van der Waals surface area contributed by atoms with Crippen LogP contribution in [0.3, 0.4) is 0 Å². The molecular weight excluding hydrogens is 421 g/mol. The molecule has 1 aromatic heterocycles. The lowest BCUT2D eigenvalue weighted by Gasteiger charge is -2.36. The van der Waals surface area contributed by atoms with Crippen LogP contribution in [0.5, 0.6) is 5.75 Å². The van der Waals surface area contributed by atoms with E-state index in [1.807, 2.05) is 45.9 Å². The summed E-state index contributed by atoms with van der Waals surface area (Å²) in [5, 5.41) is 11.1. The highest BCUT2D eigenvalue weighted by Crippen LogP contribution is 2.40. The zero-order valence-electron chi connectivity index (χ0n) is 21.4. The van der Waals surface area contributed by atoms with Gasteiger partial charge in [0.15, 0.2) is 0 Å². The number of rotatable bonds is 4. The van der Waals surface area contributed by atoms with Gasteiger partial charge < -0.3 is 18.8 Å². The molecule has 1 saturated heterocycles. The maximum absolute atomic E-state index is 12.4. The van der Waals surface area contributed by atoms with Gasteiger partial charge in [-0.15, -0.1) is 0 Å². The van der Waals surface area contributed by atoms with E-state index in [0.717, 1.165) is 16.7 Å². The first-order valence-corrected chi connectivity index (χ1v) is 14.3. The van der Waals surface area contributed by atoms with Gasteiger partial charge >= 0.3 is 13.2 Å². The lowest BCUT2D eigenvalue weighted by Crippen LogP contribution is -2.43. The van der Waals surface area contributed by atoms with Crippen LogP contribution < -0.4 is 10.0 Å². The summed E-state index contributed by atoms with van der Waals surface area (Å²) < 4.78 is 20.4. The van der Waals surface area contributed by atoms with Crippen molar-refractivity contribution in [2.45, 2.75) is 97.6 Å². The fourth-order valence-corrected chi connectivity index (χ4v) is 4.85. The van der Waals surface area contributed by atoms with Gasteiger partial charge in [-0.1, -0.05) is 34.6 Å². The van der Waals surface area contributed by atoms with Crippen molar-refractivity contribution in [2.75, 3.05) is 0 Å². The van der Waals surface area contributed by atoms with Gasteiger partial charge in [0.2, 0.25) is 8.32 Å². The lowest BCUT2D eigenvalue weighted by atomic mass is 9.78. The number of aromatic nitrogens is 1. The number of carboxylic acid groups (broad SMARTS) is 1. The topological polar surface area (TPSA) is 69.9 Å². The summed E-state index contributed by atoms with van der Waals surface area (Å²) in [4.78, 5) is 12.4. The van der Waals surface area contributed by atoms with Gasteiger partial charge in [0.1, 0.15) is 5.75 Å². The molecule has 8 heteroatoms. The van der Waals surface area contributed by atoms with Crippen LogP contribution in [0.15, 0.2) is 18.2 Å². The monoisotopic (exact) mass is 459 g/mol. The zero-order valence-corrected chi connectivity index (χ0v) is 22.4. The third-order valence-corrected chi connectivity index (χ3v) is 11.8. The Bertz CT molecular complexity index is 1030. The van der Waals surface area contributed by atoms with Gasteiger partial charge in [0.05, 0.1) is 22.3 Å².